The van der Waals surface area contributed by atoms with Crippen molar-refractivity contribution < 1.29 is 4.79 Å². The largest absolute Gasteiger partial charge is 0.372 e. The Balaban J connectivity index is 3.59. The minimum absolute atomic E-state index is 0.0231. The first-order chi connectivity index (χ1) is 4.70. The average molecular weight is 142 g/mol. The molecule has 0 spiro atoms. The molecule has 1 unspecified atom stereocenters. The van der Waals surface area contributed by atoms with Gasteiger partial charge in [-0.15, -0.1) is 0 Å². The summed E-state index contributed by atoms with van der Waals surface area (Å²) in [4.78, 5) is 10.5. The molecule has 2 N–H and O–H groups in total. The van der Waals surface area contributed by atoms with Crippen molar-refractivity contribution in [3.8, 4) is 0 Å². The van der Waals surface area contributed by atoms with E-state index in [1.54, 1.807) is 6.20 Å². The van der Waals surface area contributed by atoms with Gasteiger partial charge in [-0.3, -0.25) is 4.79 Å². The fourth-order valence-electron chi connectivity index (χ4n) is 0.649. The van der Waals surface area contributed by atoms with Crippen LogP contribution in [0.4, 0.5) is 0 Å². The van der Waals surface area contributed by atoms with Gasteiger partial charge in [-0.05, 0) is 12.6 Å². The first-order valence-electron chi connectivity index (χ1n) is 3.34. The molecular formula is C7H14N2O. The molecule has 0 aromatic rings. The molecule has 0 aromatic heterocycles. The minimum Gasteiger partial charge on any atom is -0.372 e. The van der Waals surface area contributed by atoms with Gasteiger partial charge in [-0.25, -0.2) is 0 Å². The van der Waals surface area contributed by atoms with E-state index in [4.69, 9.17) is 0 Å². The summed E-state index contributed by atoms with van der Waals surface area (Å²) >= 11 is 0. The van der Waals surface area contributed by atoms with E-state index in [1.807, 2.05) is 6.92 Å². The third-order valence-electron chi connectivity index (χ3n) is 1.10. The molecule has 0 aliphatic heterocycles. The van der Waals surface area contributed by atoms with Crippen LogP contribution in [0.3, 0.4) is 0 Å². The molecule has 0 aromatic carbocycles. The van der Waals surface area contributed by atoms with Crippen molar-refractivity contribution in [2.75, 3.05) is 0 Å². The maximum Gasteiger partial charge on any atom is 0.218 e. The molecule has 0 heterocycles. The highest BCUT2D eigenvalue weighted by molar-refractivity contribution is 5.73. The molecule has 0 fully saturated rings. The van der Waals surface area contributed by atoms with Gasteiger partial charge in [0.2, 0.25) is 5.91 Å². The number of carbonyl (C=O) groups excluding carboxylic acids is 1. The molecule has 0 saturated heterocycles. The molecule has 0 aliphatic carbocycles. The third kappa shape index (κ3) is 3.95. The van der Waals surface area contributed by atoms with Gasteiger partial charge < -0.3 is 10.6 Å². The van der Waals surface area contributed by atoms with Crippen molar-refractivity contribution in [2.24, 2.45) is 0 Å². The first kappa shape index (κ1) is 9.01. The van der Waals surface area contributed by atoms with Crippen LogP contribution in [0.2, 0.25) is 0 Å². The number of hydrogen-bond acceptors (Lipinski definition) is 2. The van der Waals surface area contributed by atoms with E-state index in [2.05, 4.69) is 17.2 Å². The van der Waals surface area contributed by atoms with Gasteiger partial charge in [0.05, 0.1) is 6.17 Å². The van der Waals surface area contributed by atoms with Crippen molar-refractivity contribution >= 4 is 5.91 Å². The molecule has 10 heavy (non-hydrogen) atoms. The first-order valence-corrected chi connectivity index (χ1v) is 3.34. The van der Waals surface area contributed by atoms with E-state index in [0.29, 0.717) is 0 Å². The Morgan fingerprint density at radius 1 is 1.80 bits per heavy atom. The van der Waals surface area contributed by atoms with Crippen LogP contribution < -0.4 is 10.6 Å². The van der Waals surface area contributed by atoms with Crippen molar-refractivity contribution in [3.05, 3.63) is 12.8 Å². The van der Waals surface area contributed by atoms with Gasteiger partial charge >= 0.3 is 0 Å². The smallest absolute Gasteiger partial charge is 0.218 e. The lowest BCUT2D eigenvalue weighted by Crippen LogP contribution is -2.41. The van der Waals surface area contributed by atoms with Crippen molar-refractivity contribution in [2.45, 2.75) is 26.4 Å². The maximum atomic E-state index is 10.5. The molecular weight excluding hydrogens is 128 g/mol. The number of hydrogen-bond donors (Lipinski definition) is 2. The number of carbonyl (C=O) groups is 1. The Labute approximate surface area is 61.5 Å². The summed E-state index contributed by atoms with van der Waals surface area (Å²) in [5.74, 6) is -0.0267. The molecule has 1 atom stereocenters. The quantitative estimate of drug-likeness (QED) is 0.564. The third-order valence-corrected chi connectivity index (χ3v) is 1.10. The molecule has 3 heteroatoms. The topological polar surface area (TPSA) is 41.1 Å². The molecule has 0 bridgehead atoms. The standard InChI is InChI=1S/C7H14N2O/c1-4-7(8-5-2)9-6(3)10/h5,7-8H,2,4H2,1,3H3,(H,9,10). The molecule has 1 amide bonds. The molecule has 0 aliphatic rings. The molecule has 58 valence electrons. The summed E-state index contributed by atoms with van der Waals surface area (Å²) in [5.41, 5.74) is 0. The monoisotopic (exact) mass is 142 g/mol. The average Bonchev–Trinajstić information content (AvgIpc) is 1.86. The van der Waals surface area contributed by atoms with Crippen molar-refractivity contribution in [3.63, 3.8) is 0 Å². The van der Waals surface area contributed by atoms with Crippen molar-refractivity contribution in [1.29, 1.82) is 0 Å². The zero-order valence-electron chi connectivity index (χ0n) is 6.48. The Bertz CT molecular complexity index is 123. The Morgan fingerprint density at radius 3 is 2.70 bits per heavy atom. The SMILES string of the molecule is C=CNC(CC)NC(C)=O. The molecule has 3 nitrogen and oxygen atoms in total. The summed E-state index contributed by atoms with van der Waals surface area (Å²) in [5, 5.41) is 5.60. The highest BCUT2D eigenvalue weighted by Gasteiger charge is 2.01. The summed E-state index contributed by atoms with van der Waals surface area (Å²) in [7, 11) is 0. The van der Waals surface area contributed by atoms with Crippen LogP contribution in [0.15, 0.2) is 12.8 Å². The van der Waals surface area contributed by atoms with Crippen LogP contribution in [0.25, 0.3) is 0 Å². The van der Waals surface area contributed by atoms with Crippen LogP contribution >= 0.6 is 0 Å². The predicted octanol–water partition coefficient (Wildman–Crippen LogP) is 0.592. The van der Waals surface area contributed by atoms with Crippen LogP contribution in [0, 0.1) is 0 Å². The fourth-order valence-corrected chi connectivity index (χ4v) is 0.649. The van der Waals surface area contributed by atoms with E-state index < -0.39 is 0 Å². The second kappa shape index (κ2) is 4.85. The number of rotatable bonds is 4. The summed E-state index contributed by atoms with van der Waals surface area (Å²) in [6.07, 6.45) is 2.45. The second-order valence-corrected chi connectivity index (χ2v) is 2.03. The Kier molecular flexibility index (Phi) is 4.37. The Hall–Kier alpha value is -0.990. The zero-order valence-corrected chi connectivity index (χ0v) is 6.48. The fraction of sp³-hybridized carbons (Fsp3) is 0.571. The van der Waals surface area contributed by atoms with E-state index >= 15 is 0 Å². The van der Waals surface area contributed by atoms with Crippen LogP contribution in [-0.4, -0.2) is 12.1 Å². The van der Waals surface area contributed by atoms with E-state index in [-0.39, 0.29) is 12.1 Å². The summed E-state index contributed by atoms with van der Waals surface area (Å²) < 4.78 is 0. The Morgan fingerprint density at radius 2 is 2.40 bits per heavy atom. The van der Waals surface area contributed by atoms with E-state index in [9.17, 15) is 4.79 Å². The lowest BCUT2D eigenvalue weighted by Gasteiger charge is -2.14. The zero-order chi connectivity index (χ0) is 7.98. The normalized spacial score (nSPS) is 11.8. The van der Waals surface area contributed by atoms with Gasteiger partial charge in [0.1, 0.15) is 0 Å². The second-order valence-electron chi connectivity index (χ2n) is 2.03. The van der Waals surface area contributed by atoms with Crippen LogP contribution in [0.5, 0.6) is 0 Å². The van der Waals surface area contributed by atoms with Gasteiger partial charge in [-0.2, -0.15) is 0 Å². The summed E-state index contributed by atoms with van der Waals surface area (Å²) in [6, 6.07) is 0. The van der Waals surface area contributed by atoms with E-state index in [0.717, 1.165) is 6.42 Å². The maximum absolute atomic E-state index is 10.5. The van der Waals surface area contributed by atoms with Gasteiger partial charge in [0, 0.05) is 6.92 Å². The van der Waals surface area contributed by atoms with Gasteiger partial charge in [-0.1, -0.05) is 13.5 Å². The molecule has 0 radical (unpaired) electrons. The van der Waals surface area contributed by atoms with E-state index in [1.165, 1.54) is 6.92 Å². The number of nitrogens with one attached hydrogen (secondary N) is 2. The van der Waals surface area contributed by atoms with Gasteiger partial charge in [0.15, 0.2) is 0 Å². The van der Waals surface area contributed by atoms with Crippen LogP contribution in [-0.2, 0) is 4.79 Å². The summed E-state index contributed by atoms with van der Waals surface area (Å²) in [6.45, 7) is 6.97. The number of amides is 1. The highest BCUT2D eigenvalue weighted by atomic mass is 16.1. The van der Waals surface area contributed by atoms with Crippen molar-refractivity contribution in [1.82, 2.24) is 10.6 Å². The molecule has 0 rings (SSSR count). The predicted molar refractivity (Wildman–Crippen MR) is 41.2 cm³/mol. The highest BCUT2D eigenvalue weighted by Crippen LogP contribution is 1.84. The minimum atomic E-state index is -0.0267. The molecule has 0 saturated carbocycles. The lowest BCUT2D eigenvalue weighted by atomic mass is 10.3. The van der Waals surface area contributed by atoms with Gasteiger partial charge in [0.25, 0.3) is 0 Å². The lowest BCUT2D eigenvalue weighted by molar-refractivity contribution is -0.119. The van der Waals surface area contributed by atoms with Crippen LogP contribution in [0.1, 0.15) is 20.3 Å².